The van der Waals surface area contributed by atoms with Crippen LogP contribution in [0.5, 0.6) is 0 Å². The maximum Gasteiger partial charge on any atom is 0.307 e. The fourth-order valence-corrected chi connectivity index (χ4v) is 1.79. The van der Waals surface area contributed by atoms with Gasteiger partial charge in [-0.2, -0.15) is 0 Å². The maximum absolute atomic E-state index is 10.6. The van der Waals surface area contributed by atoms with Gasteiger partial charge in [0.15, 0.2) is 0 Å². The van der Waals surface area contributed by atoms with E-state index in [4.69, 9.17) is 5.11 Å². The van der Waals surface area contributed by atoms with Crippen molar-refractivity contribution in [1.29, 1.82) is 0 Å². The van der Waals surface area contributed by atoms with Crippen LogP contribution in [0.4, 0.5) is 0 Å². The van der Waals surface area contributed by atoms with E-state index in [0.29, 0.717) is 0 Å². The molecule has 1 N–H and O–H groups in total. The summed E-state index contributed by atoms with van der Waals surface area (Å²) < 4.78 is 0.912. The van der Waals surface area contributed by atoms with Gasteiger partial charge in [0.2, 0.25) is 0 Å². The van der Waals surface area contributed by atoms with Crippen molar-refractivity contribution in [3.8, 4) is 0 Å². The van der Waals surface area contributed by atoms with Gasteiger partial charge in [-0.15, -0.1) is 0 Å². The molecule has 3 heteroatoms. The Morgan fingerprint density at radius 2 is 1.92 bits per heavy atom. The standard InChI is InChI=1S/C10H11BrO2/c1-6-3-4-7(2)10(11)8(6)5-9(12)13/h3-4H,5H2,1-2H3,(H,12,13). The highest BCUT2D eigenvalue weighted by molar-refractivity contribution is 9.10. The summed E-state index contributed by atoms with van der Waals surface area (Å²) in [6.45, 7) is 3.87. The van der Waals surface area contributed by atoms with E-state index in [9.17, 15) is 4.79 Å². The van der Waals surface area contributed by atoms with Gasteiger partial charge in [0, 0.05) is 4.47 Å². The molecule has 1 aromatic carbocycles. The number of aliphatic carboxylic acids is 1. The third-order valence-electron chi connectivity index (χ3n) is 2.00. The van der Waals surface area contributed by atoms with Crippen LogP contribution in [0.1, 0.15) is 16.7 Å². The van der Waals surface area contributed by atoms with E-state index in [-0.39, 0.29) is 6.42 Å². The predicted molar refractivity (Wildman–Crippen MR) is 55.0 cm³/mol. The lowest BCUT2D eigenvalue weighted by atomic mass is 10.0. The summed E-state index contributed by atoms with van der Waals surface area (Å²) in [5.74, 6) is -0.797. The average Bonchev–Trinajstić information content (AvgIpc) is 2.05. The molecule has 13 heavy (non-hydrogen) atoms. The fraction of sp³-hybridized carbons (Fsp3) is 0.300. The maximum atomic E-state index is 10.6. The first kappa shape index (κ1) is 10.3. The number of carbonyl (C=O) groups is 1. The zero-order valence-corrected chi connectivity index (χ0v) is 9.18. The molecule has 0 bridgehead atoms. The summed E-state index contributed by atoms with van der Waals surface area (Å²) in [7, 11) is 0. The summed E-state index contributed by atoms with van der Waals surface area (Å²) in [5.41, 5.74) is 2.95. The number of halogens is 1. The Kier molecular flexibility index (Phi) is 3.09. The Bertz CT molecular complexity index is 345. The van der Waals surface area contributed by atoms with E-state index in [0.717, 1.165) is 21.2 Å². The Labute approximate surface area is 85.7 Å². The molecule has 0 saturated carbocycles. The molecule has 1 aromatic rings. The van der Waals surface area contributed by atoms with Crippen LogP contribution in [-0.4, -0.2) is 11.1 Å². The van der Waals surface area contributed by atoms with Gasteiger partial charge in [-0.3, -0.25) is 4.79 Å². The van der Waals surface area contributed by atoms with Crippen LogP contribution in [0.3, 0.4) is 0 Å². The SMILES string of the molecule is Cc1ccc(C)c(CC(=O)O)c1Br. The van der Waals surface area contributed by atoms with Crippen LogP contribution in [0.15, 0.2) is 16.6 Å². The van der Waals surface area contributed by atoms with Gasteiger partial charge in [-0.25, -0.2) is 0 Å². The fourth-order valence-electron chi connectivity index (χ4n) is 1.20. The number of benzene rings is 1. The van der Waals surface area contributed by atoms with E-state index >= 15 is 0 Å². The molecular weight excluding hydrogens is 232 g/mol. The highest BCUT2D eigenvalue weighted by Crippen LogP contribution is 2.24. The molecule has 2 nitrogen and oxygen atoms in total. The van der Waals surface area contributed by atoms with Crippen molar-refractivity contribution in [3.05, 3.63) is 33.3 Å². The van der Waals surface area contributed by atoms with Gasteiger partial charge < -0.3 is 5.11 Å². The van der Waals surface area contributed by atoms with Gasteiger partial charge in [0.05, 0.1) is 6.42 Å². The Hall–Kier alpha value is -0.830. The van der Waals surface area contributed by atoms with Crippen molar-refractivity contribution in [3.63, 3.8) is 0 Å². The summed E-state index contributed by atoms with van der Waals surface area (Å²) in [6, 6.07) is 3.92. The summed E-state index contributed by atoms with van der Waals surface area (Å²) in [4.78, 5) is 10.6. The highest BCUT2D eigenvalue weighted by atomic mass is 79.9. The summed E-state index contributed by atoms with van der Waals surface area (Å²) >= 11 is 3.40. The zero-order valence-electron chi connectivity index (χ0n) is 7.60. The molecule has 0 fully saturated rings. The molecule has 0 amide bonds. The Balaban J connectivity index is 3.17. The van der Waals surface area contributed by atoms with Gasteiger partial charge >= 0.3 is 5.97 Å². The van der Waals surface area contributed by atoms with Crippen molar-refractivity contribution in [2.45, 2.75) is 20.3 Å². The van der Waals surface area contributed by atoms with Crippen molar-refractivity contribution >= 4 is 21.9 Å². The second-order valence-electron chi connectivity index (χ2n) is 3.06. The number of hydrogen-bond donors (Lipinski definition) is 1. The number of hydrogen-bond acceptors (Lipinski definition) is 1. The number of carboxylic acid groups (broad SMARTS) is 1. The zero-order chi connectivity index (χ0) is 10.0. The first-order valence-corrected chi connectivity index (χ1v) is 4.78. The van der Waals surface area contributed by atoms with Crippen LogP contribution in [0, 0.1) is 13.8 Å². The number of rotatable bonds is 2. The van der Waals surface area contributed by atoms with Gasteiger partial charge in [-0.05, 0) is 30.5 Å². The van der Waals surface area contributed by atoms with Gasteiger partial charge in [0.25, 0.3) is 0 Å². The van der Waals surface area contributed by atoms with Crippen LogP contribution in [0.25, 0.3) is 0 Å². The second-order valence-corrected chi connectivity index (χ2v) is 3.86. The Morgan fingerprint density at radius 3 is 2.46 bits per heavy atom. The largest absolute Gasteiger partial charge is 0.481 e. The molecule has 0 atom stereocenters. The predicted octanol–water partition coefficient (Wildman–Crippen LogP) is 2.69. The van der Waals surface area contributed by atoms with Crippen LogP contribution >= 0.6 is 15.9 Å². The molecule has 0 spiro atoms. The van der Waals surface area contributed by atoms with Gasteiger partial charge in [0.1, 0.15) is 0 Å². The molecule has 0 radical (unpaired) electrons. The lowest BCUT2D eigenvalue weighted by molar-refractivity contribution is -0.136. The average molecular weight is 243 g/mol. The lowest BCUT2D eigenvalue weighted by Gasteiger charge is -2.08. The van der Waals surface area contributed by atoms with Crippen molar-refractivity contribution in [2.24, 2.45) is 0 Å². The molecule has 0 aliphatic heterocycles. The molecule has 0 heterocycles. The Morgan fingerprint density at radius 1 is 1.38 bits per heavy atom. The van der Waals surface area contributed by atoms with E-state index in [1.54, 1.807) is 0 Å². The van der Waals surface area contributed by atoms with E-state index in [2.05, 4.69) is 15.9 Å². The van der Waals surface area contributed by atoms with Crippen molar-refractivity contribution in [1.82, 2.24) is 0 Å². The molecule has 0 aromatic heterocycles. The quantitative estimate of drug-likeness (QED) is 0.866. The van der Waals surface area contributed by atoms with E-state index < -0.39 is 5.97 Å². The number of carboxylic acids is 1. The molecule has 1 rings (SSSR count). The smallest absolute Gasteiger partial charge is 0.307 e. The monoisotopic (exact) mass is 242 g/mol. The van der Waals surface area contributed by atoms with Crippen LogP contribution < -0.4 is 0 Å². The first-order valence-electron chi connectivity index (χ1n) is 3.98. The minimum absolute atomic E-state index is 0.0775. The molecule has 0 aliphatic rings. The highest BCUT2D eigenvalue weighted by Gasteiger charge is 2.09. The number of aryl methyl sites for hydroxylation is 2. The summed E-state index contributed by atoms with van der Waals surface area (Å²) in [6.07, 6.45) is 0.0775. The topological polar surface area (TPSA) is 37.3 Å². The normalized spacial score (nSPS) is 10.1. The minimum Gasteiger partial charge on any atom is -0.481 e. The molecule has 0 aliphatic carbocycles. The molecule has 70 valence electrons. The lowest BCUT2D eigenvalue weighted by Crippen LogP contribution is -2.03. The molecule has 0 saturated heterocycles. The second kappa shape index (κ2) is 3.92. The van der Waals surface area contributed by atoms with Gasteiger partial charge in [-0.1, -0.05) is 28.1 Å². The van der Waals surface area contributed by atoms with E-state index in [1.807, 2.05) is 26.0 Å². The van der Waals surface area contributed by atoms with E-state index in [1.165, 1.54) is 0 Å². The third kappa shape index (κ3) is 2.31. The first-order chi connectivity index (χ1) is 6.02. The van der Waals surface area contributed by atoms with Crippen LogP contribution in [0.2, 0.25) is 0 Å². The van der Waals surface area contributed by atoms with Crippen molar-refractivity contribution in [2.75, 3.05) is 0 Å². The minimum atomic E-state index is -0.797. The third-order valence-corrected chi connectivity index (χ3v) is 3.10. The summed E-state index contributed by atoms with van der Waals surface area (Å²) in [5, 5.41) is 8.69. The van der Waals surface area contributed by atoms with Crippen molar-refractivity contribution < 1.29 is 9.90 Å². The molecular formula is C10H11BrO2. The molecule has 0 unspecified atom stereocenters. The van der Waals surface area contributed by atoms with Crippen LogP contribution in [-0.2, 0) is 11.2 Å².